The van der Waals surface area contributed by atoms with Gasteiger partial charge < -0.3 is 9.97 Å². The summed E-state index contributed by atoms with van der Waals surface area (Å²) in [6.45, 7) is 1.12. The second-order valence-corrected chi connectivity index (χ2v) is 4.45. The summed E-state index contributed by atoms with van der Waals surface area (Å²) in [5.74, 6) is 0. The van der Waals surface area contributed by atoms with E-state index in [0.29, 0.717) is 13.1 Å². The Morgan fingerprint density at radius 2 is 1.50 bits per heavy atom. The minimum absolute atomic E-state index is 0.0811. The van der Waals surface area contributed by atoms with Crippen LogP contribution < -0.4 is 0 Å². The van der Waals surface area contributed by atoms with Crippen LogP contribution in [0.2, 0.25) is 0 Å². The zero-order valence-electron chi connectivity index (χ0n) is 9.88. The Morgan fingerprint density at radius 1 is 1.00 bits per heavy atom. The summed E-state index contributed by atoms with van der Waals surface area (Å²) < 4.78 is 0. The molecule has 2 heterocycles. The van der Waals surface area contributed by atoms with Crippen molar-refractivity contribution in [2.75, 3.05) is 13.1 Å². The van der Waals surface area contributed by atoms with Gasteiger partial charge >= 0.3 is 0 Å². The highest BCUT2D eigenvalue weighted by Crippen LogP contribution is 1.99. The van der Waals surface area contributed by atoms with Crippen LogP contribution in [0.3, 0.4) is 0 Å². The first-order valence-electron chi connectivity index (χ1n) is 5.75. The number of rotatable bonds is 6. The van der Waals surface area contributed by atoms with Crippen LogP contribution in [-0.4, -0.2) is 40.9 Å². The Hall–Kier alpha value is -1.81. The standard InChI is InChI=1S/C13H15ClN4/c14-11(7-15-9-12-3-1-5-17-12)8-16-10-13-4-2-6-18-13/h1-6,9-11,17-18H,7-8H2/b15-9-,16-10+. The molecule has 0 spiro atoms. The van der Waals surface area contributed by atoms with E-state index in [1.54, 1.807) is 12.4 Å². The maximum absolute atomic E-state index is 6.11. The first kappa shape index (κ1) is 12.6. The zero-order chi connectivity index (χ0) is 12.6. The fourth-order valence-electron chi connectivity index (χ4n) is 1.44. The number of alkyl halides is 1. The largest absolute Gasteiger partial charge is 0.360 e. The van der Waals surface area contributed by atoms with E-state index in [1.165, 1.54) is 0 Å². The molecule has 0 aliphatic carbocycles. The first-order chi connectivity index (χ1) is 8.84. The van der Waals surface area contributed by atoms with Crippen molar-refractivity contribution in [3.05, 3.63) is 48.0 Å². The van der Waals surface area contributed by atoms with E-state index in [1.807, 2.05) is 36.7 Å². The van der Waals surface area contributed by atoms with Gasteiger partial charge in [0.15, 0.2) is 0 Å². The average Bonchev–Trinajstić information content (AvgIpc) is 3.01. The molecule has 0 saturated carbocycles. The van der Waals surface area contributed by atoms with Gasteiger partial charge in [-0.25, -0.2) is 0 Å². The van der Waals surface area contributed by atoms with Crippen LogP contribution in [-0.2, 0) is 0 Å². The molecule has 94 valence electrons. The smallest absolute Gasteiger partial charge is 0.0726 e. The SMILES string of the molecule is ClC(C/N=C\c1ccc[nH]1)C/N=C/c1ccc[nH]1. The highest BCUT2D eigenvalue weighted by atomic mass is 35.5. The molecule has 2 aromatic heterocycles. The molecule has 2 rings (SSSR count). The van der Waals surface area contributed by atoms with Crippen LogP contribution in [0.1, 0.15) is 11.4 Å². The lowest BCUT2D eigenvalue weighted by molar-refractivity contribution is 0.859. The lowest BCUT2D eigenvalue weighted by atomic mass is 10.4. The lowest BCUT2D eigenvalue weighted by Crippen LogP contribution is -2.08. The predicted octanol–water partition coefficient (Wildman–Crippen LogP) is 2.49. The summed E-state index contributed by atoms with van der Waals surface area (Å²) in [5.41, 5.74) is 1.96. The summed E-state index contributed by atoms with van der Waals surface area (Å²) >= 11 is 6.11. The summed E-state index contributed by atoms with van der Waals surface area (Å²) in [6.07, 6.45) is 7.29. The summed E-state index contributed by atoms with van der Waals surface area (Å²) in [4.78, 5) is 14.6. The molecule has 2 aromatic rings. The summed E-state index contributed by atoms with van der Waals surface area (Å²) in [6, 6.07) is 7.77. The van der Waals surface area contributed by atoms with Crippen molar-refractivity contribution < 1.29 is 0 Å². The summed E-state index contributed by atoms with van der Waals surface area (Å²) in [7, 11) is 0. The quantitative estimate of drug-likeness (QED) is 0.594. The van der Waals surface area contributed by atoms with Crippen LogP contribution in [0.5, 0.6) is 0 Å². The molecule has 18 heavy (non-hydrogen) atoms. The fraction of sp³-hybridized carbons (Fsp3) is 0.231. The van der Waals surface area contributed by atoms with Gasteiger partial charge in [-0.1, -0.05) is 0 Å². The van der Waals surface area contributed by atoms with Crippen LogP contribution in [0.15, 0.2) is 46.6 Å². The van der Waals surface area contributed by atoms with E-state index in [2.05, 4.69) is 20.0 Å². The van der Waals surface area contributed by atoms with Crippen molar-refractivity contribution in [2.45, 2.75) is 5.38 Å². The number of nitrogens with one attached hydrogen (secondary N) is 2. The molecule has 0 bridgehead atoms. The summed E-state index contributed by atoms with van der Waals surface area (Å²) in [5, 5.41) is -0.0811. The van der Waals surface area contributed by atoms with E-state index >= 15 is 0 Å². The number of halogens is 1. The molecule has 1 unspecified atom stereocenters. The third-order valence-corrected chi connectivity index (χ3v) is 2.59. The normalized spacial score (nSPS) is 13.6. The number of aromatic amines is 2. The molecule has 4 nitrogen and oxygen atoms in total. The Kier molecular flexibility index (Phi) is 4.78. The van der Waals surface area contributed by atoms with Crippen LogP contribution in [0.25, 0.3) is 0 Å². The van der Waals surface area contributed by atoms with Gasteiger partial charge in [0.2, 0.25) is 0 Å². The van der Waals surface area contributed by atoms with Crippen molar-refractivity contribution in [1.82, 2.24) is 9.97 Å². The van der Waals surface area contributed by atoms with Crippen LogP contribution in [0, 0.1) is 0 Å². The van der Waals surface area contributed by atoms with E-state index in [0.717, 1.165) is 11.4 Å². The number of aromatic nitrogens is 2. The molecule has 0 aromatic carbocycles. The zero-order valence-corrected chi connectivity index (χ0v) is 10.6. The minimum atomic E-state index is -0.0811. The van der Waals surface area contributed by atoms with E-state index < -0.39 is 0 Å². The Morgan fingerprint density at radius 3 is 1.89 bits per heavy atom. The fourth-order valence-corrected chi connectivity index (χ4v) is 1.60. The second-order valence-electron chi connectivity index (χ2n) is 3.84. The lowest BCUT2D eigenvalue weighted by Gasteiger charge is -2.00. The van der Waals surface area contributed by atoms with Gasteiger partial charge in [0.25, 0.3) is 0 Å². The average molecular weight is 263 g/mol. The molecule has 0 amide bonds. The topological polar surface area (TPSA) is 56.3 Å². The van der Waals surface area contributed by atoms with Gasteiger partial charge in [-0.2, -0.15) is 0 Å². The predicted molar refractivity (Wildman–Crippen MR) is 76.1 cm³/mol. The number of nitrogens with zero attached hydrogens (tertiary/aromatic N) is 2. The van der Waals surface area contributed by atoms with Crippen LogP contribution in [0.4, 0.5) is 0 Å². The monoisotopic (exact) mass is 262 g/mol. The molecular weight excluding hydrogens is 248 g/mol. The van der Waals surface area contributed by atoms with E-state index in [-0.39, 0.29) is 5.38 Å². The molecule has 1 atom stereocenters. The van der Waals surface area contributed by atoms with Crippen molar-refractivity contribution in [2.24, 2.45) is 9.98 Å². The minimum Gasteiger partial charge on any atom is -0.360 e. The number of H-pyrrole nitrogens is 2. The van der Waals surface area contributed by atoms with Gasteiger partial charge in [-0.05, 0) is 24.3 Å². The molecule has 0 saturated heterocycles. The molecule has 0 fully saturated rings. The van der Waals surface area contributed by atoms with Gasteiger partial charge in [-0.15, -0.1) is 11.6 Å². The second kappa shape index (κ2) is 6.81. The van der Waals surface area contributed by atoms with Gasteiger partial charge in [0, 0.05) is 24.8 Å². The maximum atomic E-state index is 6.11. The van der Waals surface area contributed by atoms with Crippen LogP contribution >= 0.6 is 11.6 Å². The van der Waals surface area contributed by atoms with E-state index in [4.69, 9.17) is 11.6 Å². The third kappa shape index (κ3) is 4.22. The highest BCUT2D eigenvalue weighted by Gasteiger charge is 2.00. The molecule has 2 N–H and O–H groups in total. The van der Waals surface area contributed by atoms with Crippen molar-refractivity contribution in [1.29, 1.82) is 0 Å². The van der Waals surface area contributed by atoms with Crippen molar-refractivity contribution >= 4 is 24.0 Å². The van der Waals surface area contributed by atoms with Crippen molar-refractivity contribution in [3.8, 4) is 0 Å². The Labute approximate surface area is 111 Å². The molecule has 0 aliphatic heterocycles. The van der Waals surface area contributed by atoms with Gasteiger partial charge in [0.05, 0.1) is 29.9 Å². The Balaban J connectivity index is 1.70. The third-order valence-electron chi connectivity index (χ3n) is 2.31. The Bertz CT molecular complexity index is 439. The number of hydrogen-bond donors (Lipinski definition) is 2. The molecule has 0 radical (unpaired) electrons. The highest BCUT2D eigenvalue weighted by molar-refractivity contribution is 6.21. The molecule has 5 heteroatoms. The number of aliphatic imine (C=N–C) groups is 2. The maximum Gasteiger partial charge on any atom is 0.0726 e. The van der Waals surface area contributed by atoms with Gasteiger partial charge in [-0.3, -0.25) is 9.98 Å². The van der Waals surface area contributed by atoms with E-state index in [9.17, 15) is 0 Å². The van der Waals surface area contributed by atoms with Crippen molar-refractivity contribution in [3.63, 3.8) is 0 Å². The number of hydrogen-bond acceptors (Lipinski definition) is 2. The molecule has 0 aliphatic rings. The van der Waals surface area contributed by atoms with Gasteiger partial charge in [0.1, 0.15) is 0 Å². The first-order valence-corrected chi connectivity index (χ1v) is 6.19. The molecular formula is C13H15ClN4.